The van der Waals surface area contributed by atoms with Crippen molar-refractivity contribution in [3.63, 3.8) is 0 Å². The second-order valence-corrected chi connectivity index (χ2v) is 3.10. The Morgan fingerprint density at radius 1 is 1.50 bits per heavy atom. The molecule has 0 aromatic heterocycles. The van der Waals surface area contributed by atoms with Gasteiger partial charge in [-0.05, 0) is 19.1 Å². The average molecular weight is 213 g/mol. The molecule has 4 heteroatoms. The van der Waals surface area contributed by atoms with Crippen molar-refractivity contribution in [2.75, 3.05) is 7.11 Å². The van der Waals surface area contributed by atoms with E-state index in [1.807, 2.05) is 0 Å². The molecule has 74 valence electrons. The first-order valence-corrected chi connectivity index (χ1v) is 4.32. The Balaban J connectivity index is 3.42. The Hall–Kier alpha value is -1.35. The van der Waals surface area contributed by atoms with Crippen LogP contribution in [0.5, 0.6) is 5.75 Å². The van der Waals surface area contributed by atoms with Gasteiger partial charge in [-0.15, -0.1) is 0 Å². The van der Waals surface area contributed by atoms with Crippen LogP contribution in [-0.2, 0) is 0 Å². The molecule has 0 spiro atoms. The summed E-state index contributed by atoms with van der Waals surface area (Å²) in [5.41, 5.74) is 0.691. The molecule has 1 aromatic carbocycles. The number of aldehydes is 1. The standard InChI is InChI=1S/C10H9ClO3/c1-6(13)8-4-3-7(5-12)10(14-2)9(8)11/h3-5H,1-2H3. The molecule has 0 saturated carbocycles. The summed E-state index contributed by atoms with van der Waals surface area (Å²) in [7, 11) is 1.40. The number of Topliss-reactive ketones (excluding diaryl/α,β-unsaturated/α-hetero) is 1. The summed E-state index contributed by atoms with van der Waals surface area (Å²) in [6.07, 6.45) is 0.634. The predicted molar refractivity (Wildman–Crippen MR) is 53.4 cm³/mol. The van der Waals surface area contributed by atoms with Crippen molar-refractivity contribution in [1.82, 2.24) is 0 Å². The number of carbonyl (C=O) groups is 2. The van der Waals surface area contributed by atoms with Gasteiger partial charge in [0.25, 0.3) is 0 Å². The third kappa shape index (κ3) is 1.77. The lowest BCUT2D eigenvalue weighted by atomic mass is 10.1. The van der Waals surface area contributed by atoms with E-state index < -0.39 is 0 Å². The van der Waals surface area contributed by atoms with E-state index in [2.05, 4.69) is 0 Å². The van der Waals surface area contributed by atoms with Crippen LogP contribution in [0.2, 0.25) is 5.02 Å². The molecule has 0 bridgehead atoms. The van der Waals surface area contributed by atoms with Crippen LogP contribution in [0.3, 0.4) is 0 Å². The largest absolute Gasteiger partial charge is 0.494 e. The lowest BCUT2D eigenvalue weighted by Crippen LogP contribution is -1.99. The van der Waals surface area contributed by atoms with Crippen molar-refractivity contribution in [1.29, 1.82) is 0 Å². The number of ether oxygens (including phenoxy) is 1. The zero-order chi connectivity index (χ0) is 10.7. The lowest BCUT2D eigenvalue weighted by Gasteiger charge is -2.08. The number of hydrogen-bond acceptors (Lipinski definition) is 3. The fourth-order valence-electron chi connectivity index (χ4n) is 1.14. The first kappa shape index (κ1) is 10.7. The van der Waals surface area contributed by atoms with Gasteiger partial charge in [-0.3, -0.25) is 9.59 Å². The van der Waals surface area contributed by atoms with Gasteiger partial charge in [0.05, 0.1) is 17.7 Å². The van der Waals surface area contributed by atoms with Gasteiger partial charge in [-0.25, -0.2) is 0 Å². The normalized spacial score (nSPS) is 9.64. The molecule has 14 heavy (non-hydrogen) atoms. The summed E-state index contributed by atoms with van der Waals surface area (Å²) in [6.45, 7) is 1.40. The minimum atomic E-state index is -0.161. The van der Waals surface area contributed by atoms with Crippen molar-refractivity contribution in [2.45, 2.75) is 6.92 Å². The third-order valence-electron chi connectivity index (χ3n) is 1.84. The second-order valence-electron chi connectivity index (χ2n) is 2.72. The number of hydrogen-bond donors (Lipinski definition) is 0. The van der Waals surface area contributed by atoms with E-state index >= 15 is 0 Å². The van der Waals surface area contributed by atoms with Gasteiger partial charge in [-0.1, -0.05) is 11.6 Å². The van der Waals surface area contributed by atoms with Gasteiger partial charge < -0.3 is 4.74 Å². The molecule has 0 aliphatic rings. The maximum Gasteiger partial charge on any atom is 0.161 e. The van der Waals surface area contributed by atoms with E-state index in [1.165, 1.54) is 26.2 Å². The molecule has 0 unspecified atom stereocenters. The highest BCUT2D eigenvalue weighted by Crippen LogP contribution is 2.31. The third-order valence-corrected chi connectivity index (χ3v) is 2.21. The number of benzene rings is 1. The Bertz CT molecular complexity index is 385. The van der Waals surface area contributed by atoms with Crippen molar-refractivity contribution in [3.8, 4) is 5.75 Å². The molecule has 0 heterocycles. The Morgan fingerprint density at radius 3 is 2.57 bits per heavy atom. The maximum atomic E-state index is 11.1. The number of methoxy groups -OCH3 is 1. The summed E-state index contributed by atoms with van der Waals surface area (Å²) in [6, 6.07) is 3.02. The van der Waals surface area contributed by atoms with E-state index in [0.29, 0.717) is 17.4 Å². The van der Waals surface area contributed by atoms with Gasteiger partial charge in [-0.2, -0.15) is 0 Å². The summed E-state index contributed by atoms with van der Waals surface area (Å²) < 4.78 is 4.94. The second kappa shape index (κ2) is 4.24. The highest BCUT2D eigenvalue weighted by atomic mass is 35.5. The number of rotatable bonds is 3. The van der Waals surface area contributed by atoms with Crippen LogP contribution in [0.1, 0.15) is 27.6 Å². The minimum absolute atomic E-state index is 0.161. The molecular formula is C10H9ClO3. The molecule has 0 aliphatic heterocycles. The van der Waals surface area contributed by atoms with Crippen molar-refractivity contribution >= 4 is 23.7 Å². The van der Waals surface area contributed by atoms with Gasteiger partial charge >= 0.3 is 0 Å². The average Bonchev–Trinajstić information content (AvgIpc) is 2.16. The molecule has 0 amide bonds. The van der Waals surface area contributed by atoms with Gasteiger partial charge in [0.1, 0.15) is 5.75 Å². The summed E-state index contributed by atoms with van der Waals surface area (Å²) in [5.74, 6) is 0.0834. The number of ketones is 1. The van der Waals surface area contributed by atoms with E-state index in [9.17, 15) is 9.59 Å². The van der Waals surface area contributed by atoms with Crippen LogP contribution in [0.15, 0.2) is 12.1 Å². The molecule has 1 aromatic rings. The zero-order valence-electron chi connectivity index (χ0n) is 7.83. The molecule has 0 atom stereocenters. The summed E-state index contributed by atoms with van der Waals surface area (Å²) in [4.78, 5) is 21.7. The Kier molecular flexibility index (Phi) is 3.25. The lowest BCUT2D eigenvalue weighted by molar-refractivity contribution is 0.101. The van der Waals surface area contributed by atoms with Crippen LogP contribution in [0.25, 0.3) is 0 Å². The van der Waals surface area contributed by atoms with Gasteiger partial charge in [0.2, 0.25) is 0 Å². The Labute approximate surface area is 86.6 Å². The highest BCUT2D eigenvalue weighted by molar-refractivity contribution is 6.35. The first-order valence-electron chi connectivity index (χ1n) is 3.94. The van der Waals surface area contributed by atoms with Crippen molar-refractivity contribution in [2.24, 2.45) is 0 Å². The predicted octanol–water partition coefficient (Wildman–Crippen LogP) is 2.36. The van der Waals surface area contributed by atoms with Crippen LogP contribution < -0.4 is 4.74 Å². The van der Waals surface area contributed by atoms with Gasteiger partial charge in [0.15, 0.2) is 12.1 Å². The quantitative estimate of drug-likeness (QED) is 0.571. The Morgan fingerprint density at radius 2 is 2.14 bits per heavy atom. The smallest absolute Gasteiger partial charge is 0.161 e. The fraction of sp³-hybridized carbons (Fsp3) is 0.200. The summed E-state index contributed by atoms with van der Waals surface area (Å²) in [5, 5.41) is 0.185. The van der Waals surface area contributed by atoms with Crippen LogP contribution in [0.4, 0.5) is 0 Å². The SMILES string of the molecule is COc1c(C=O)ccc(C(C)=O)c1Cl. The minimum Gasteiger partial charge on any atom is -0.494 e. The molecule has 0 N–H and O–H groups in total. The van der Waals surface area contributed by atoms with E-state index in [1.54, 1.807) is 0 Å². The topological polar surface area (TPSA) is 43.4 Å². The van der Waals surface area contributed by atoms with E-state index in [-0.39, 0.29) is 16.6 Å². The zero-order valence-corrected chi connectivity index (χ0v) is 8.59. The fourth-order valence-corrected chi connectivity index (χ4v) is 1.53. The summed E-state index contributed by atoms with van der Waals surface area (Å²) >= 11 is 5.88. The molecule has 0 radical (unpaired) electrons. The maximum absolute atomic E-state index is 11.1. The van der Waals surface area contributed by atoms with Crippen LogP contribution >= 0.6 is 11.6 Å². The van der Waals surface area contributed by atoms with E-state index in [4.69, 9.17) is 16.3 Å². The molecule has 3 nitrogen and oxygen atoms in total. The molecule has 0 saturated heterocycles. The van der Waals surface area contributed by atoms with Gasteiger partial charge in [0, 0.05) is 5.56 Å². The van der Waals surface area contributed by atoms with Crippen LogP contribution in [-0.4, -0.2) is 19.2 Å². The highest BCUT2D eigenvalue weighted by Gasteiger charge is 2.14. The first-order chi connectivity index (χ1) is 6.61. The van der Waals surface area contributed by atoms with E-state index in [0.717, 1.165) is 0 Å². The molecule has 1 rings (SSSR count). The van der Waals surface area contributed by atoms with Crippen molar-refractivity contribution < 1.29 is 14.3 Å². The molecule has 0 fully saturated rings. The monoisotopic (exact) mass is 212 g/mol. The van der Waals surface area contributed by atoms with Crippen molar-refractivity contribution in [3.05, 3.63) is 28.3 Å². The number of halogens is 1. The molecular weight excluding hydrogens is 204 g/mol. The number of carbonyl (C=O) groups excluding carboxylic acids is 2. The van der Waals surface area contributed by atoms with Crippen LogP contribution in [0, 0.1) is 0 Å². The molecule has 0 aliphatic carbocycles.